The standard InChI is InChI=1S/C20H24N4O3/c1-12-7-6-8-15(13(12)2)22-19-11-18(23-24-19)21-14-9-16(25-3)20(27-5)17(10-14)26-4/h6-11H,1-5H3,(H3,21,22,23,24). The van der Waals surface area contributed by atoms with Crippen LogP contribution in [-0.2, 0) is 0 Å². The summed E-state index contributed by atoms with van der Waals surface area (Å²) in [6.45, 7) is 4.17. The highest BCUT2D eigenvalue weighted by atomic mass is 16.5. The van der Waals surface area contributed by atoms with Crippen molar-refractivity contribution in [2.24, 2.45) is 0 Å². The predicted octanol–water partition coefficient (Wildman–Crippen LogP) is 4.54. The third-order valence-corrected chi connectivity index (χ3v) is 4.39. The van der Waals surface area contributed by atoms with Crippen LogP contribution in [0.2, 0.25) is 0 Å². The van der Waals surface area contributed by atoms with Gasteiger partial charge < -0.3 is 24.8 Å². The average molecular weight is 368 g/mol. The second kappa shape index (κ2) is 7.90. The molecule has 7 heteroatoms. The minimum atomic E-state index is 0.549. The Bertz CT molecular complexity index is 912. The first kappa shape index (κ1) is 18.4. The molecule has 3 aromatic rings. The lowest BCUT2D eigenvalue weighted by Crippen LogP contribution is -1.98. The predicted molar refractivity (Wildman–Crippen MR) is 107 cm³/mol. The van der Waals surface area contributed by atoms with E-state index in [1.54, 1.807) is 21.3 Å². The molecule has 0 aliphatic carbocycles. The molecule has 0 unspecified atom stereocenters. The van der Waals surface area contributed by atoms with Crippen LogP contribution in [0.25, 0.3) is 0 Å². The van der Waals surface area contributed by atoms with E-state index < -0.39 is 0 Å². The Morgan fingerprint density at radius 2 is 1.59 bits per heavy atom. The van der Waals surface area contributed by atoms with Gasteiger partial charge in [0, 0.05) is 29.6 Å². The first-order valence-electron chi connectivity index (χ1n) is 8.51. The van der Waals surface area contributed by atoms with Crippen molar-refractivity contribution >= 4 is 23.0 Å². The number of nitrogens with zero attached hydrogens (tertiary/aromatic N) is 1. The Hall–Kier alpha value is -3.35. The van der Waals surface area contributed by atoms with Crippen LogP contribution in [0.3, 0.4) is 0 Å². The Morgan fingerprint density at radius 3 is 2.22 bits per heavy atom. The molecule has 7 nitrogen and oxygen atoms in total. The number of hydrogen-bond acceptors (Lipinski definition) is 6. The van der Waals surface area contributed by atoms with Crippen molar-refractivity contribution in [2.45, 2.75) is 13.8 Å². The van der Waals surface area contributed by atoms with E-state index in [0.29, 0.717) is 17.2 Å². The maximum atomic E-state index is 5.38. The summed E-state index contributed by atoms with van der Waals surface area (Å²) in [5, 5.41) is 13.9. The fraction of sp³-hybridized carbons (Fsp3) is 0.250. The van der Waals surface area contributed by atoms with Crippen LogP contribution < -0.4 is 24.8 Å². The van der Waals surface area contributed by atoms with Crippen LogP contribution in [0.5, 0.6) is 17.2 Å². The van der Waals surface area contributed by atoms with Crippen molar-refractivity contribution < 1.29 is 14.2 Å². The van der Waals surface area contributed by atoms with Crippen LogP contribution in [0.15, 0.2) is 36.4 Å². The van der Waals surface area contributed by atoms with Crippen LogP contribution in [-0.4, -0.2) is 31.5 Å². The molecule has 0 saturated carbocycles. The lowest BCUT2D eigenvalue weighted by atomic mass is 10.1. The summed E-state index contributed by atoms with van der Waals surface area (Å²) in [7, 11) is 4.75. The molecule has 2 aromatic carbocycles. The summed E-state index contributed by atoms with van der Waals surface area (Å²) in [4.78, 5) is 0. The zero-order valence-electron chi connectivity index (χ0n) is 16.1. The zero-order chi connectivity index (χ0) is 19.4. The maximum absolute atomic E-state index is 5.38. The molecule has 3 N–H and O–H groups in total. The number of aromatic nitrogens is 2. The summed E-state index contributed by atoms with van der Waals surface area (Å²) < 4.78 is 16.1. The molecule has 0 radical (unpaired) electrons. The number of ether oxygens (including phenoxy) is 3. The Morgan fingerprint density at radius 1 is 0.889 bits per heavy atom. The van der Waals surface area contributed by atoms with E-state index in [0.717, 1.165) is 23.0 Å². The number of H-pyrrole nitrogens is 1. The van der Waals surface area contributed by atoms with E-state index in [1.807, 2.05) is 30.3 Å². The molecule has 0 atom stereocenters. The Labute approximate surface area is 158 Å². The molecule has 0 fully saturated rings. The average Bonchev–Trinajstić information content (AvgIpc) is 3.11. The third kappa shape index (κ3) is 3.92. The number of aromatic amines is 1. The van der Waals surface area contributed by atoms with E-state index in [9.17, 15) is 0 Å². The molecule has 1 heterocycles. The van der Waals surface area contributed by atoms with Crippen molar-refractivity contribution in [3.05, 3.63) is 47.5 Å². The van der Waals surface area contributed by atoms with Crippen molar-refractivity contribution in [2.75, 3.05) is 32.0 Å². The van der Waals surface area contributed by atoms with Crippen molar-refractivity contribution in [3.63, 3.8) is 0 Å². The van der Waals surface area contributed by atoms with E-state index in [1.165, 1.54) is 11.1 Å². The van der Waals surface area contributed by atoms with Gasteiger partial charge in [-0.15, -0.1) is 0 Å². The van der Waals surface area contributed by atoms with Gasteiger partial charge in [-0.1, -0.05) is 12.1 Å². The first-order chi connectivity index (χ1) is 13.0. The highest BCUT2D eigenvalue weighted by Crippen LogP contribution is 2.40. The summed E-state index contributed by atoms with van der Waals surface area (Å²) >= 11 is 0. The molecule has 27 heavy (non-hydrogen) atoms. The highest BCUT2D eigenvalue weighted by Gasteiger charge is 2.14. The Kier molecular flexibility index (Phi) is 5.40. The van der Waals surface area contributed by atoms with Gasteiger partial charge in [-0.3, -0.25) is 5.10 Å². The van der Waals surface area contributed by atoms with E-state index >= 15 is 0 Å². The Balaban J connectivity index is 1.80. The second-order valence-electron chi connectivity index (χ2n) is 6.08. The van der Waals surface area contributed by atoms with Gasteiger partial charge in [0.1, 0.15) is 5.82 Å². The van der Waals surface area contributed by atoms with Crippen LogP contribution in [0.4, 0.5) is 23.0 Å². The van der Waals surface area contributed by atoms with E-state index in [2.05, 4.69) is 40.7 Å². The lowest BCUT2D eigenvalue weighted by molar-refractivity contribution is 0.324. The number of hydrogen-bond donors (Lipinski definition) is 3. The molecular formula is C20H24N4O3. The largest absolute Gasteiger partial charge is 0.493 e. The minimum absolute atomic E-state index is 0.549. The molecule has 0 bridgehead atoms. The van der Waals surface area contributed by atoms with E-state index in [-0.39, 0.29) is 0 Å². The number of nitrogens with one attached hydrogen (secondary N) is 3. The zero-order valence-corrected chi connectivity index (χ0v) is 16.1. The van der Waals surface area contributed by atoms with Crippen molar-refractivity contribution in [3.8, 4) is 17.2 Å². The number of aryl methyl sites for hydroxylation is 1. The topological polar surface area (TPSA) is 80.4 Å². The smallest absolute Gasteiger partial charge is 0.203 e. The second-order valence-corrected chi connectivity index (χ2v) is 6.08. The van der Waals surface area contributed by atoms with Crippen molar-refractivity contribution in [1.82, 2.24) is 10.2 Å². The van der Waals surface area contributed by atoms with Gasteiger partial charge in [0.15, 0.2) is 17.3 Å². The van der Waals surface area contributed by atoms with Crippen LogP contribution in [0, 0.1) is 13.8 Å². The summed E-state index contributed by atoms with van der Waals surface area (Å²) in [6, 6.07) is 11.7. The fourth-order valence-electron chi connectivity index (χ4n) is 2.78. The highest BCUT2D eigenvalue weighted by molar-refractivity contribution is 5.69. The summed E-state index contributed by atoms with van der Waals surface area (Å²) in [5.74, 6) is 3.16. The van der Waals surface area contributed by atoms with Gasteiger partial charge in [-0.25, -0.2) is 0 Å². The van der Waals surface area contributed by atoms with Gasteiger partial charge in [0.2, 0.25) is 5.75 Å². The minimum Gasteiger partial charge on any atom is -0.493 e. The molecule has 1 aromatic heterocycles. The molecule has 0 saturated heterocycles. The molecule has 142 valence electrons. The normalized spacial score (nSPS) is 10.4. The van der Waals surface area contributed by atoms with Gasteiger partial charge in [0.25, 0.3) is 0 Å². The maximum Gasteiger partial charge on any atom is 0.203 e. The summed E-state index contributed by atoms with van der Waals surface area (Å²) in [6.07, 6.45) is 0. The molecule has 0 amide bonds. The van der Waals surface area contributed by atoms with Gasteiger partial charge in [0.05, 0.1) is 21.3 Å². The number of methoxy groups -OCH3 is 3. The number of benzene rings is 2. The lowest BCUT2D eigenvalue weighted by Gasteiger charge is -2.14. The number of anilines is 4. The first-order valence-corrected chi connectivity index (χ1v) is 8.51. The van der Waals surface area contributed by atoms with E-state index in [4.69, 9.17) is 14.2 Å². The van der Waals surface area contributed by atoms with Gasteiger partial charge >= 0.3 is 0 Å². The molecule has 0 aliphatic rings. The quantitative estimate of drug-likeness (QED) is 0.568. The van der Waals surface area contributed by atoms with Gasteiger partial charge in [-0.2, -0.15) is 5.10 Å². The summed E-state index contributed by atoms with van der Waals surface area (Å²) in [5.41, 5.74) is 4.23. The molecule has 3 rings (SSSR count). The monoisotopic (exact) mass is 368 g/mol. The van der Waals surface area contributed by atoms with Crippen LogP contribution in [0.1, 0.15) is 11.1 Å². The third-order valence-electron chi connectivity index (χ3n) is 4.39. The molecule has 0 aliphatic heterocycles. The number of rotatable bonds is 7. The fourth-order valence-corrected chi connectivity index (χ4v) is 2.78. The SMILES string of the molecule is COc1cc(Nc2cc(Nc3cccc(C)c3C)n[nH]2)cc(OC)c1OC. The molecular weight excluding hydrogens is 344 g/mol. The van der Waals surface area contributed by atoms with Gasteiger partial charge in [-0.05, 0) is 31.0 Å². The van der Waals surface area contributed by atoms with Crippen molar-refractivity contribution in [1.29, 1.82) is 0 Å². The molecule has 0 spiro atoms. The van der Waals surface area contributed by atoms with Crippen LogP contribution >= 0.6 is 0 Å².